The maximum atomic E-state index is 8.60. The van der Waals surface area contributed by atoms with E-state index in [4.69, 9.17) is 18.6 Å². The second kappa shape index (κ2) is 11.0. The summed E-state index contributed by atoms with van der Waals surface area (Å²) in [5, 5.41) is 0. The Morgan fingerprint density at radius 3 is 1.38 bits per heavy atom. The zero-order valence-electron chi connectivity index (χ0n) is 19.7. The van der Waals surface area contributed by atoms with E-state index in [0.717, 1.165) is 6.42 Å². The van der Waals surface area contributed by atoms with Gasteiger partial charge in [0.1, 0.15) is 0 Å². The monoisotopic (exact) mass is 460 g/mol. The molecular formula is C25H33ClN2O4. The van der Waals surface area contributed by atoms with Crippen LogP contribution in [0.25, 0.3) is 12.2 Å². The number of nitrogens with zero attached hydrogens (tertiary/aromatic N) is 2. The van der Waals surface area contributed by atoms with Crippen LogP contribution in [0.4, 0.5) is 11.4 Å². The molecule has 0 unspecified atom stereocenters. The third-order valence-corrected chi connectivity index (χ3v) is 5.48. The van der Waals surface area contributed by atoms with Gasteiger partial charge in [0.25, 0.3) is 0 Å². The minimum Gasteiger partial charge on any atom is -0.378 e. The maximum absolute atomic E-state index is 8.60. The lowest BCUT2D eigenvalue weighted by atomic mass is 10.0. The Morgan fingerprint density at radius 2 is 1.09 bits per heavy atom. The predicted octanol–water partition coefficient (Wildman–Crippen LogP) is 1.96. The van der Waals surface area contributed by atoms with Crippen LogP contribution in [0, 0.1) is 24.1 Å². The van der Waals surface area contributed by atoms with Gasteiger partial charge in [-0.1, -0.05) is 35.4 Å². The van der Waals surface area contributed by atoms with Crippen LogP contribution in [-0.2, 0) is 0 Å². The molecule has 0 radical (unpaired) electrons. The quantitative estimate of drug-likeness (QED) is 0.749. The molecule has 6 nitrogen and oxygen atoms in total. The van der Waals surface area contributed by atoms with E-state index in [2.05, 4.69) is 100 Å². The normalized spacial score (nSPS) is 16.2. The highest BCUT2D eigenvalue weighted by molar-refractivity contribution is 5.66. The van der Waals surface area contributed by atoms with E-state index in [0.29, 0.717) is 0 Å². The molecule has 1 fully saturated rings. The number of benzene rings is 2. The third kappa shape index (κ3) is 8.30. The van der Waals surface area contributed by atoms with Gasteiger partial charge in [-0.05, 0) is 79.6 Å². The van der Waals surface area contributed by atoms with Crippen molar-refractivity contribution in [2.45, 2.75) is 33.1 Å². The van der Waals surface area contributed by atoms with Crippen molar-refractivity contribution in [3.05, 3.63) is 69.8 Å². The number of rotatable bonds is 4. The lowest BCUT2D eigenvalue weighted by Gasteiger charge is -2.14. The van der Waals surface area contributed by atoms with Crippen molar-refractivity contribution in [1.29, 1.82) is 0 Å². The number of allylic oxidation sites excluding steroid dienone is 2. The van der Waals surface area contributed by atoms with Gasteiger partial charge in [0.15, 0.2) is 0 Å². The highest BCUT2D eigenvalue weighted by Gasteiger charge is 2.14. The molecule has 0 aliphatic heterocycles. The summed E-state index contributed by atoms with van der Waals surface area (Å²) in [7, 11) is 3.67. The van der Waals surface area contributed by atoms with Gasteiger partial charge in [0.05, 0.1) is 14.9 Å². The lowest BCUT2D eigenvalue weighted by molar-refractivity contribution is -1.92. The molecule has 0 atom stereocenters. The number of aryl methyl sites for hydroxylation is 2. The van der Waals surface area contributed by atoms with Gasteiger partial charge < -0.3 is 9.80 Å². The van der Waals surface area contributed by atoms with Gasteiger partial charge in [0.2, 0.25) is 0 Å². The SMILES string of the molecule is Cc1cc(N(C)C)ccc1C=C1CCC(=Cc2ccc(N(C)C)cc2C)C1.[O-][Cl+3]([O-])([O-])O. The van der Waals surface area contributed by atoms with E-state index in [-0.39, 0.29) is 0 Å². The van der Waals surface area contributed by atoms with E-state index < -0.39 is 10.2 Å². The van der Waals surface area contributed by atoms with Gasteiger partial charge in [0, 0.05) is 39.6 Å². The van der Waals surface area contributed by atoms with Gasteiger partial charge in [-0.3, -0.25) is 0 Å². The number of hydrogen-bond acceptors (Lipinski definition) is 6. The minimum atomic E-state index is -4.69. The van der Waals surface area contributed by atoms with Crippen LogP contribution in [0.2, 0.25) is 0 Å². The first-order chi connectivity index (χ1) is 14.8. The molecule has 0 amide bonds. The van der Waals surface area contributed by atoms with Gasteiger partial charge in [-0.15, -0.1) is 0 Å². The zero-order valence-corrected chi connectivity index (χ0v) is 20.4. The Morgan fingerprint density at radius 1 is 0.750 bits per heavy atom. The summed E-state index contributed by atoms with van der Waals surface area (Å²) in [6.07, 6.45) is 8.25. The molecule has 1 N–H and O–H groups in total. The average Bonchev–Trinajstić information content (AvgIpc) is 3.10. The van der Waals surface area contributed by atoms with Crippen LogP contribution in [0.1, 0.15) is 41.5 Å². The van der Waals surface area contributed by atoms with E-state index in [1.165, 1.54) is 46.5 Å². The summed E-state index contributed by atoms with van der Waals surface area (Å²) in [6.45, 7) is 4.42. The maximum Gasteiger partial charge on any atom is 0.0777 e. The summed E-state index contributed by atoms with van der Waals surface area (Å²) in [4.78, 5) is 4.31. The van der Waals surface area contributed by atoms with Crippen LogP contribution >= 0.6 is 0 Å². The fraction of sp³-hybridized carbons (Fsp3) is 0.360. The standard InChI is InChI=1S/C25H32N2.ClHO4/c1-18-13-24(26(3)4)11-9-22(18)16-20-7-8-21(15-20)17-23-10-12-25(27(5)6)14-19(23)2;2-1(3,4)5/h9-14,16-17H,7-8,15H2,1-6H3;(H,2,3,4,5). The molecule has 174 valence electrons. The Bertz CT molecular complexity index is 912. The topological polar surface area (TPSA) is 95.9 Å². The number of anilines is 2. The second-order valence-electron chi connectivity index (χ2n) is 8.55. The predicted molar refractivity (Wildman–Crippen MR) is 123 cm³/mol. The van der Waals surface area contributed by atoms with Crippen molar-refractivity contribution < 1.29 is 28.9 Å². The molecule has 1 aliphatic rings. The highest BCUT2D eigenvalue weighted by atomic mass is 35.7. The van der Waals surface area contributed by atoms with Crippen molar-refractivity contribution in [3.63, 3.8) is 0 Å². The average molecular weight is 461 g/mol. The second-order valence-corrected chi connectivity index (χ2v) is 9.34. The Hall–Kier alpha value is -2.35. The van der Waals surface area contributed by atoms with Crippen molar-refractivity contribution in [2.75, 3.05) is 38.0 Å². The summed E-state index contributed by atoms with van der Waals surface area (Å²) >= 11 is 0. The molecule has 0 spiro atoms. The molecular weight excluding hydrogens is 428 g/mol. The number of halogens is 1. The van der Waals surface area contributed by atoms with Gasteiger partial charge in [-0.2, -0.15) is 14.0 Å². The largest absolute Gasteiger partial charge is 0.378 e. The first kappa shape index (κ1) is 25.9. The summed E-state index contributed by atoms with van der Waals surface area (Å²) in [5.41, 5.74) is 11.0. The van der Waals surface area contributed by atoms with Crippen molar-refractivity contribution in [2.24, 2.45) is 0 Å². The molecule has 0 aromatic heterocycles. The summed E-state index contributed by atoms with van der Waals surface area (Å²) < 4.78 is 32.7. The number of hydrogen-bond donors (Lipinski definition) is 1. The van der Waals surface area contributed by atoms with Crippen LogP contribution in [0.15, 0.2) is 47.5 Å². The third-order valence-electron chi connectivity index (χ3n) is 5.48. The molecule has 2 aromatic rings. The van der Waals surface area contributed by atoms with Crippen LogP contribution < -0.4 is 23.8 Å². The first-order valence-electron chi connectivity index (χ1n) is 10.4. The Balaban J connectivity index is 0.000000654. The smallest absolute Gasteiger partial charge is 0.0777 e. The van der Waals surface area contributed by atoms with Crippen molar-refractivity contribution in [1.82, 2.24) is 0 Å². The van der Waals surface area contributed by atoms with E-state index in [1.54, 1.807) is 11.1 Å². The van der Waals surface area contributed by atoms with E-state index in [9.17, 15) is 0 Å². The fourth-order valence-corrected chi connectivity index (χ4v) is 3.68. The molecule has 7 heteroatoms. The minimum absolute atomic E-state index is 1.10. The molecule has 1 aliphatic carbocycles. The van der Waals surface area contributed by atoms with Gasteiger partial charge >= 0.3 is 0 Å². The first-order valence-corrected chi connectivity index (χ1v) is 11.7. The van der Waals surface area contributed by atoms with Crippen LogP contribution in [-0.4, -0.2) is 32.8 Å². The molecule has 3 rings (SSSR count). The van der Waals surface area contributed by atoms with E-state index in [1.807, 2.05) is 0 Å². The zero-order chi connectivity index (χ0) is 24.1. The Kier molecular flexibility index (Phi) is 8.89. The summed E-state index contributed by atoms with van der Waals surface area (Å²) in [6, 6.07) is 13.5. The Labute approximate surface area is 193 Å². The molecule has 1 saturated carbocycles. The van der Waals surface area contributed by atoms with Crippen LogP contribution in [0.5, 0.6) is 0 Å². The lowest BCUT2D eigenvalue weighted by Crippen LogP contribution is -2.58. The molecule has 0 saturated heterocycles. The summed E-state index contributed by atoms with van der Waals surface area (Å²) in [5.74, 6) is 0. The molecule has 0 heterocycles. The van der Waals surface area contributed by atoms with Crippen LogP contribution in [0.3, 0.4) is 0 Å². The molecule has 2 aromatic carbocycles. The highest BCUT2D eigenvalue weighted by Crippen LogP contribution is 2.34. The van der Waals surface area contributed by atoms with Crippen molar-refractivity contribution in [3.8, 4) is 0 Å². The fourth-order valence-electron chi connectivity index (χ4n) is 3.68. The molecule has 0 bridgehead atoms. The van der Waals surface area contributed by atoms with E-state index >= 15 is 0 Å². The van der Waals surface area contributed by atoms with Crippen molar-refractivity contribution >= 4 is 23.5 Å². The molecule has 32 heavy (non-hydrogen) atoms. The van der Waals surface area contributed by atoms with Gasteiger partial charge in [-0.25, -0.2) is 0 Å².